The number of carbonyl (C=O) groups excluding carboxylic acids is 1. The zero-order chi connectivity index (χ0) is 14.9. The van der Waals surface area contributed by atoms with Gasteiger partial charge in [0.05, 0.1) is 11.4 Å². The minimum atomic E-state index is 0.0409. The summed E-state index contributed by atoms with van der Waals surface area (Å²) in [5.41, 5.74) is 1.03. The second-order valence-electron chi connectivity index (χ2n) is 5.17. The van der Waals surface area contributed by atoms with Crippen LogP contribution in [0.5, 0.6) is 0 Å². The number of carbonyl (C=O) groups is 1. The van der Waals surface area contributed by atoms with Crippen molar-refractivity contribution >= 4 is 33.9 Å². The monoisotopic (exact) mass is 306 g/mol. The van der Waals surface area contributed by atoms with Gasteiger partial charge in [-0.1, -0.05) is 48.5 Å². The van der Waals surface area contributed by atoms with Crippen LogP contribution in [0.25, 0.3) is 10.8 Å². The molecule has 1 aliphatic heterocycles. The van der Waals surface area contributed by atoms with Crippen molar-refractivity contribution in [2.24, 2.45) is 4.99 Å². The van der Waals surface area contributed by atoms with Gasteiger partial charge in [-0.25, -0.2) is 0 Å². The first-order chi connectivity index (χ1) is 10.8. The summed E-state index contributed by atoms with van der Waals surface area (Å²) in [4.78, 5) is 19.8. The Kier molecular flexibility index (Phi) is 3.24. The highest BCUT2D eigenvalue weighted by atomic mass is 32.1. The standard InChI is InChI=1S/C18H14N2OS/c21-18(16-9-4-12-22-16)20-11-10-19-17(20)15-8-3-6-13-5-1-2-7-14(13)15/h1-9,12H,10-11H2. The predicted molar refractivity (Wildman–Crippen MR) is 90.7 cm³/mol. The van der Waals surface area contributed by atoms with Gasteiger partial charge >= 0.3 is 0 Å². The van der Waals surface area contributed by atoms with Crippen molar-refractivity contribution in [3.63, 3.8) is 0 Å². The number of rotatable bonds is 2. The highest BCUT2D eigenvalue weighted by Gasteiger charge is 2.27. The Morgan fingerprint density at radius 3 is 2.77 bits per heavy atom. The van der Waals surface area contributed by atoms with E-state index in [-0.39, 0.29) is 5.91 Å². The van der Waals surface area contributed by atoms with E-state index in [1.807, 2.05) is 41.8 Å². The first-order valence-electron chi connectivity index (χ1n) is 7.22. The van der Waals surface area contributed by atoms with Crippen LogP contribution in [0.4, 0.5) is 0 Å². The molecule has 2 aromatic carbocycles. The number of nitrogens with zero attached hydrogens (tertiary/aromatic N) is 2. The molecule has 0 atom stereocenters. The predicted octanol–water partition coefficient (Wildman–Crippen LogP) is 3.80. The van der Waals surface area contributed by atoms with Crippen molar-refractivity contribution in [3.05, 3.63) is 70.4 Å². The molecule has 0 N–H and O–H groups in total. The Morgan fingerprint density at radius 1 is 1.05 bits per heavy atom. The quantitative estimate of drug-likeness (QED) is 0.708. The molecule has 0 fully saturated rings. The first kappa shape index (κ1) is 13.2. The molecule has 1 aliphatic rings. The molecule has 1 aromatic heterocycles. The molecule has 3 nitrogen and oxygen atoms in total. The Balaban J connectivity index is 1.79. The molecule has 0 unspecified atom stereocenters. The molecule has 1 amide bonds. The van der Waals surface area contributed by atoms with Crippen LogP contribution in [0.15, 0.2) is 65.0 Å². The van der Waals surface area contributed by atoms with E-state index in [0.29, 0.717) is 13.1 Å². The fourth-order valence-electron chi connectivity index (χ4n) is 2.83. The average molecular weight is 306 g/mol. The van der Waals surface area contributed by atoms with Gasteiger partial charge in [0.1, 0.15) is 5.84 Å². The summed E-state index contributed by atoms with van der Waals surface area (Å²) in [6.07, 6.45) is 0. The maximum Gasteiger partial charge on any atom is 0.269 e. The molecule has 0 saturated carbocycles. The van der Waals surface area contributed by atoms with Crippen molar-refractivity contribution in [1.29, 1.82) is 0 Å². The SMILES string of the molecule is O=C(c1cccs1)N1CCN=C1c1cccc2ccccc12. The number of thiophene rings is 1. The summed E-state index contributed by atoms with van der Waals surface area (Å²) in [5.74, 6) is 0.828. The van der Waals surface area contributed by atoms with Crippen LogP contribution in [0.3, 0.4) is 0 Å². The second-order valence-corrected chi connectivity index (χ2v) is 6.11. The summed E-state index contributed by atoms with van der Waals surface area (Å²) in [5, 5.41) is 4.23. The van der Waals surface area contributed by atoms with Gasteiger partial charge in [-0.2, -0.15) is 0 Å². The molecule has 3 aromatic rings. The van der Waals surface area contributed by atoms with Crippen molar-refractivity contribution in [2.75, 3.05) is 13.1 Å². The normalized spacial score (nSPS) is 14.4. The van der Waals surface area contributed by atoms with Gasteiger partial charge in [-0.3, -0.25) is 14.7 Å². The van der Waals surface area contributed by atoms with E-state index >= 15 is 0 Å². The van der Waals surface area contributed by atoms with Crippen molar-refractivity contribution in [2.45, 2.75) is 0 Å². The van der Waals surface area contributed by atoms with Gasteiger partial charge in [-0.15, -0.1) is 11.3 Å². The number of hydrogen-bond acceptors (Lipinski definition) is 3. The van der Waals surface area contributed by atoms with Crippen molar-refractivity contribution < 1.29 is 4.79 Å². The van der Waals surface area contributed by atoms with E-state index in [2.05, 4.69) is 23.2 Å². The molecule has 4 rings (SSSR count). The number of benzene rings is 2. The minimum absolute atomic E-state index is 0.0409. The highest BCUT2D eigenvalue weighted by molar-refractivity contribution is 7.12. The minimum Gasteiger partial charge on any atom is -0.290 e. The smallest absolute Gasteiger partial charge is 0.269 e. The summed E-state index contributed by atoms with van der Waals surface area (Å²) in [7, 11) is 0. The van der Waals surface area contributed by atoms with Crippen LogP contribution in [0.2, 0.25) is 0 Å². The third-order valence-corrected chi connectivity index (χ3v) is 4.71. The zero-order valence-corrected chi connectivity index (χ0v) is 12.7. The molecule has 0 bridgehead atoms. The molecule has 0 saturated heterocycles. The average Bonchev–Trinajstić information content (AvgIpc) is 3.25. The van der Waals surface area contributed by atoms with Gasteiger partial charge in [0.25, 0.3) is 5.91 Å². The lowest BCUT2D eigenvalue weighted by Crippen LogP contribution is -2.34. The van der Waals surface area contributed by atoms with Crippen molar-refractivity contribution in [1.82, 2.24) is 4.90 Å². The van der Waals surface area contributed by atoms with E-state index in [9.17, 15) is 4.79 Å². The fraction of sp³-hybridized carbons (Fsp3) is 0.111. The molecule has 0 aliphatic carbocycles. The van der Waals surface area contributed by atoms with Gasteiger partial charge in [-0.05, 0) is 22.2 Å². The van der Waals surface area contributed by atoms with E-state index in [1.54, 1.807) is 4.90 Å². The number of amides is 1. The Morgan fingerprint density at radius 2 is 1.91 bits per heavy atom. The maximum atomic E-state index is 12.7. The second kappa shape index (κ2) is 5.39. The molecule has 108 valence electrons. The molecule has 2 heterocycles. The van der Waals surface area contributed by atoms with Gasteiger partial charge in [0.2, 0.25) is 0 Å². The van der Waals surface area contributed by atoms with Crippen LogP contribution in [-0.4, -0.2) is 29.7 Å². The van der Waals surface area contributed by atoms with Crippen LogP contribution in [-0.2, 0) is 0 Å². The third kappa shape index (κ3) is 2.12. The topological polar surface area (TPSA) is 32.7 Å². The number of amidine groups is 1. The maximum absolute atomic E-state index is 12.7. The number of hydrogen-bond donors (Lipinski definition) is 0. The lowest BCUT2D eigenvalue weighted by atomic mass is 10.0. The van der Waals surface area contributed by atoms with Crippen molar-refractivity contribution in [3.8, 4) is 0 Å². The Labute approximate surface area is 132 Å². The summed E-state index contributed by atoms with van der Waals surface area (Å²) < 4.78 is 0. The lowest BCUT2D eigenvalue weighted by molar-refractivity contribution is 0.0863. The first-order valence-corrected chi connectivity index (χ1v) is 8.10. The Bertz CT molecular complexity index is 862. The molecular weight excluding hydrogens is 292 g/mol. The molecule has 0 radical (unpaired) electrons. The highest BCUT2D eigenvalue weighted by Crippen LogP contribution is 2.24. The van der Waals surface area contributed by atoms with Gasteiger partial charge in [0, 0.05) is 12.1 Å². The zero-order valence-electron chi connectivity index (χ0n) is 11.9. The van der Waals surface area contributed by atoms with Gasteiger partial charge < -0.3 is 0 Å². The Hall–Kier alpha value is -2.46. The van der Waals surface area contributed by atoms with Crippen LogP contribution in [0, 0.1) is 0 Å². The fourth-order valence-corrected chi connectivity index (χ4v) is 3.50. The third-order valence-electron chi connectivity index (χ3n) is 3.85. The number of aliphatic imine (C=N–C) groups is 1. The largest absolute Gasteiger partial charge is 0.290 e. The van der Waals surface area contributed by atoms with E-state index in [4.69, 9.17) is 0 Å². The molecule has 0 spiro atoms. The summed E-state index contributed by atoms with van der Waals surface area (Å²) >= 11 is 1.47. The molecule has 22 heavy (non-hydrogen) atoms. The summed E-state index contributed by atoms with van der Waals surface area (Å²) in [6, 6.07) is 18.1. The number of fused-ring (bicyclic) bond motifs is 1. The van der Waals surface area contributed by atoms with E-state index in [1.165, 1.54) is 11.3 Å². The van der Waals surface area contributed by atoms with E-state index < -0.39 is 0 Å². The molecular formula is C18H14N2OS. The van der Waals surface area contributed by atoms with Crippen LogP contribution in [0.1, 0.15) is 15.2 Å². The van der Waals surface area contributed by atoms with Crippen LogP contribution >= 0.6 is 11.3 Å². The molecule has 4 heteroatoms. The van der Waals surface area contributed by atoms with Crippen LogP contribution < -0.4 is 0 Å². The van der Waals surface area contributed by atoms with E-state index in [0.717, 1.165) is 27.0 Å². The summed E-state index contributed by atoms with van der Waals surface area (Å²) in [6.45, 7) is 1.31. The lowest BCUT2D eigenvalue weighted by Gasteiger charge is -2.19. The van der Waals surface area contributed by atoms with Gasteiger partial charge in [0.15, 0.2) is 0 Å².